The Labute approximate surface area is 202 Å². The molecule has 1 amide bonds. The molecule has 176 valence electrons. The number of aromatic nitrogens is 3. The van der Waals surface area contributed by atoms with Crippen molar-refractivity contribution in [2.75, 3.05) is 5.32 Å². The lowest BCUT2D eigenvalue weighted by Gasteiger charge is -2.27. The van der Waals surface area contributed by atoms with Gasteiger partial charge >= 0.3 is 0 Å². The van der Waals surface area contributed by atoms with Crippen LogP contribution in [0.5, 0.6) is 0 Å². The summed E-state index contributed by atoms with van der Waals surface area (Å²) in [7, 11) is 0. The van der Waals surface area contributed by atoms with Crippen molar-refractivity contribution in [1.82, 2.24) is 14.8 Å². The number of anilines is 1. The molecule has 1 aliphatic rings. The number of thiophene rings is 1. The van der Waals surface area contributed by atoms with E-state index in [4.69, 9.17) is 15.8 Å². The Balaban J connectivity index is 1.62. The van der Waals surface area contributed by atoms with Gasteiger partial charge in [0.05, 0.1) is 28.4 Å². The molecule has 1 aromatic carbocycles. The maximum atomic E-state index is 12.2. The second-order valence-electron chi connectivity index (χ2n) is 9.26. The van der Waals surface area contributed by atoms with Crippen molar-refractivity contribution in [3.8, 4) is 16.8 Å². The first-order valence-electron chi connectivity index (χ1n) is 11.7. The summed E-state index contributed by atoms with van der Waals surface area (Å²) in [5.74, 6) is -0.266. The summed E-state index contributed by atoms with van der Waals surface area (Å²) in [6.07, 6.45) is 4.77. The van der Waals surface area contributed by atoms with Gasteiger partial charge in [0.1, 0.15) is 0 Å². The first-order chi connectivity index (χ1) is 16.4. The van der Waals surface area contributed by atoms with Crippen LogP contribution in [0.25, 0.3) is 27.8 Å². The molecule has 4 N–H and O–H groups in total. The summed E-state index contributed by atoms with van der Waals surface area (Å²) in [5.41, 5.74) is 11.7. The van der Waals surface area contributed by atoms with Crippen LogP contribution >= 0.6 is 11.3 Å². The monoisotopic (exact) mass is 475 g/mol. The van der Waals surface area contributed by atoms with Crippen molar-refractivity contribution < 1.29 is 9.90 Å². The number of aliphatic hydroxyl groups excluding tert-OH is 1. The fourth-order valence-electron chi connectivity index (χ4n) is 4.75. The van der Waals surface area contributed by atoms with E-state index >= 15 is 0 Å². The van der Waals surface area contributed by atoms with Gasteiger partial charge in [0.2, 0.25) is 0 Å². The number of amides is 1. The first kappa shape index (κ1) is 22.6. The van der Waals surface area contributed by atoms with E-state index in [1.54, 1.807) is 17.4 Å². The fourth-order valence-corrected chi connectivity index (χ4v) is 5.41. The van der Waals surface area contributed by atoms with Gasteiger partial charge in [-0.2, -0.15) is 16.4 Å². The second-order valence-corrected chi connectivity index (χ2v) is 10.0. The molecule has 0 aliphatic heterocycles. The standard InChI is InChI=1S/C26H29N5O2S/c1-15(2)24-23-20(16-10-12-34-14-16)9-11-28-26(23)31(30-24)18-5-8-21(25(27)33)22(13-18)29-17-3-6-19(32)7-4-17/h5,8-15,17,19,29,32H,3-4,6-7H2,1-2H3,(H2,27,33)/t17-,19-. The lowest BCUT2D eigenvalue weighted by molar-refractivity contribution is 0.100. The highest BCUT2D eigenvalue weighted by Gasteiger charge is 2.23. The molecule has 0 spiro atoms. The number of nitrogens with zero attached hydrogens (tertiary/aromatic N) is 3. The average Bonchev–Trinajstić information content (AvgIpc) is 3.49. The zero-order valence-electron chi connectivity index (χ0n) is 19.4. The van der Waals surface area contributed by atoms with Gasteiger partial charge in [0.15, 0.2) is 5.65 Å². The third kappa shape index (κ3) is 4.19. The van der Waals surface area contributed by atoms with E-state index in [1.165, 1.54) is 0 Å². The van der Waals surface area contributed by atoms with Crippen LogP contribution in [0.15, 0.2) is 47.3 Å². The molecule has 8 heteroatoms. The molecule has 3 heterocycles. The number of carbonyl (C=O) groups is 1. The van der Waals surface area contributed by atoms with Crippen LogP contribution in [0, 0.1) is 0 Å². The molecule has 7 nitrogen and oxygen atoms in total. The molecule has 34 heavy (non-hydrogen) atoms. The Morgan fingerprint density at radius 1 is 1.21 bits per heavy atom. The van der Waals surface area contributed by atoms with Crippen LogP contribution < -0.4 is 11.1 Å². The number of carbonyl (C=O) groups excluding carboxylic acids is 1. The lowest BCUT2D eigenvalue weighted by atomic mass is 9.92. The number of pyridine rings is 1. The topological polar surface area (TPSA) is 106 Å². The molecule has 5 rings (SSSR count). The zero-order valence-corrected chi connectivity index (χ0v) is 20.2. The summed E-state index contributed by atoms with van der Waals surface area (Å²) < 4.78 is 1.86. The molecule has 0 atom stereocenters. The summed E-state index contributed by atoms with van der Waals surface area (Å²) in [6, 6.07) is 9.89. The number of hydrogen-bond acceptors (Lipinski definition) is 6. The predicted octanol–water partition coefficient (Wildman–Crippen LogP) is 5.09. The number of fused-ring (bicyclic) bond motifs is 1. The third-order valence-corrected chi connectivity index (χ3v) is 7.23. The van der Waals surface area contributed by atoms with E-state index in [1.807, 2.05) is 29.1 Å². The Kier molecular flexibility index (Phi) is 6.10. The van der Waals surface area contributed by atoms with Crippen molar-refractivity contribution in [2.24, 2.45) is 5.73 Å². The highest BCUT2D eigenvalue weighted by molar-refractivity contribution is 7.08. The molecule has 1 fully saturated rings. The van der Waals surface area contributed by atoms with Crippen molar-refractivity contribution in [1.29, 1.82) is 0 Å². The van der Waals surface area contributed by atoms with Gasteiger partial charge in [-0.05, 0) is 83.8 Å². The van der Waals surface area contributed by atoms with Gasteiger partial charge < -0.3 is 16.2 Å². The number of primary amides is 1. The summed E-state index contributed by atoms with van der Waals surface area (Å²) in [4.78, 5) is 16.9. The summed E-state index contributed by atoms with van der Waals surface area (Å²) >= 11 is 1.67. The largest absolute Gasteiger partial charge is 0.393 e. The Morgan fingerprint density at radius 2 is 2.00 bits per heavy atom. The van der Waals surface area contributed by atoms with Crippen LogP contribution in [0.2, 0.25) is 0 Å². The minimum Gasteiger partial charge on any atom is -0.393 e. The molecule has 3 aromatic heterocycles. The van der Waals surface area contributed by atoms with Gasteiger partial charge in [-0.3, -0.25) is 4.79 Å². The zero-order chi connectivity index (χ0) is 23.8. The first-order valence-corrected chi connectivity index (χ1v) is 12.7. The van der Waals surface area contributed by atoms with Crippen molar-refractivity contribution in [3.05, 3.63) is 58.5 Å². The molecule has 1 aliphatic carbocycles. The van der Waals surface area contributed by atoms with E-state index in [0.717, 1.165) is 59.2 Å². The Bertz CT molecular complexity index is 1320. The lowest BCUT2D eigenvalue weighted by Crippen LogP contribution is -2.29. The van der Waals surface area contributed by atoms with Gasteiger partial charge in [-0.1, -0.05) is 13.8 Å². The molecule has 0 radical (unpaired) electrons. The highest BCUT2D eigenvalue weighted by Crippen LogP contribution is 2.36. The highest BCUT2D eigenvalue weighted by atomic mass is 32.1. The molecule has 4 aromatic rings. The molecular weight excluding hydrogens is 446 g/mol. The second kappa shape index (κ2) is 9.19. The predicted molar refractivity (Wildman–Crippen MR) is 137 cm³/mol. The number of aliphatic hydroxyl groups is 1. The fraction of sp³-hybridized carbons (Fsp3) is 0.346. The molecule has 0 bridgehead atoms. The van der Waals surface area contributed by atoms with Gasteiger partial charge in [0.25, 0.3) is 5.91 Å². The quantitative estimate of drug-likeness (QED) is 0.360. The van der Waals surface area contributed by atoms with Crippen molar-refractivity contribution in [3.63, 3.8) is 0 Å². The summed E-state index contributed by atoms with van der Waals surface area (Å²) in [5, 5.41) is 23.6. The maximum absolute atomic E-state index is 12.2. The maximum Gasteiger partial charge on any atom is 0.250 e. The van der Waals surface area contributed by atoms with E-state index < -0.39 is 5.91 Å². The number of rotatable bonds is 6. The van der Waals surface area contributed by atoms with Gasteiger partial charge in [-0.25, -0.2) is 9.67 Å². The minimum absolute atomic E-state index is 0.181. The van der Waals surface area contributed by atoms with Crippen LogP contribution in [0.3, 0.4) is 0 Å². The van der Waals surface area contributed by atoms with Crippen molar-refractivity contribution >= 4 is 34.0 Å². The molecule has 0 unspecified atom stereocenters. The average molecular weight is 476 g/mol. The van der Waals surface area contributed by atoms with Crippen LogP contribution in [0.1, 0.15) is 61.5 Å². The van der Waals surface area contributed by atoms with E-state index in [0.29, 0.717) is 11.3 Å². The summed E-state index contributed by atoms with van der Waals surface area (Å²) in [6.45, 7) is 4.27. The number of benzene rings is 1. The Hall–Kier alpha value is -3.23. The smallest absolute Gasteiger partial charge is 0.250 e. The van der Waals surface area contributed by atoms with Gasteiger partial charge in [0, 0.05) is 17.9 Å². The van der Waals surface area contributed by atoms with E-state index in [-0.39, 0.29) is 18.1 Å². The number of hydrogen-bond donors (Lipinski definition) is 3. The van der Waals surface area contributed by atoms with Gasteiger partial charge in [-0.15, -0.1) is 0 Å². The van der Waals surface area contributed by atoms with E-state index in [9.17, 15) is 9.90 Å². The third-order valence-electron chi connectivity index (χ3n) is 6.54. The molecular formula is C26H29N5O2S. The number of nitrogens with one attached hydrogen (secondary N) is 1. The number of nitrogens with two attached hydrogens (primary N) is 1. The van der Waals surface area contributed by atoms with Crippen LogP contribution in [0.4, 0.5) is 5.69 Å². The van der Waals surface area contributed by atoms with Crippen molar-refractivity contribution in [2.45, 2.75) is 57.6 Å². The molecule has 0 saturated heterocycles. The van der Waals surface area contributed by atoms with E-state index in [2.05, 4.69) is 36.0 Å². The van der Waals surface area contributed by atoms with Crippen LogP contribution in [-0.4, -0.2) is 37.9 Å². The molecule has 1 saturated carbocycles. The Morgan fingerprint density at radius 3 is 2.68 bits per heavy atom. The normalized spacial score (nSPS) is 18.5. The SMILES string of the molecule is CC(C)c1nn(-c2ccc(C(N)=O)c(N[C@H]3CC[C@H](O)CC3)c2)c2nccc(-c3ccsc3)c12. The minimum atomic E-state index is -0.476. The van der Waals surface area contributed by atoms with Crippen LogP contribution in [-0.2, 0) is 0 Å².